The molecule has 9 heteroatoms. The third-order valence-electron chi connectivity index (χ3n) is 3.63. The summed E-state index contributed by atoms with van der Waals surface area (Å²) in [5.74, 6) is -0.164. The number of carbonyl (C=O) groups is 1. The van der Waals surface area contributed by atoms with Crippen LogP contribution in [0.2, 0.25) is 0 Å². The highest BCUT2D eigenvalue weighted by Crippen LogP contribution is 2.26. The van der Waals surface area contributed by atoms with Gasteiger partial charge < -0.3 is 11.1 Å². The fraction of sp³-hybridized carbons (Fsp3) is 0.333. The molecule has 2 heterocycles. The first-order valence-electron chi connectivity index (χ1n) is 7.56. The van der Waals surface area contributed by atoms with E-state index >= 15 is 0 Å². The lowest BCUT2D eigenvalue weighted by Gasteiger charge is -2.17. The molecule has 1 aromatic carbocycles. The van der Waals surface area contributed by atoms with E-state index in [9.17, 15) is 13.2 Å². The highest BCUT2D eigenvalue weighted by Gasteiger charge is 2.28. The van der Waals surface area contributed by atoms with E-state index in [4.69, 9.17) is 5.73 Å². The van der Waals surface area contributed by atoms with Gasteiger partial charge in [-0.3, -0.25) is 9.10 Å². The van der Waals surface area contributed by atoms with Gasteiger partial charge in [-0.15, -0.1) is 11.3 Å². The quantitative estimate of drug-likeness (QED) is 0.833. The number of rotatable bonds is 5. The molecule has 7 nitrogen and oxygen atoms in total. The molecule has 0 atom stereocenters. The Morgan fingerprint density at radius 2 is 2.25 bits per heavy atom. The number of hydrogen-bond donors (Lipinski definition) is 2. The van der Waals surface area contributed by atoms with Gasteiger partial charge in [-0.05, 0) is 31.2 Å². The number of nitrogens with zero attached hydrogens (tertiary/aromatic N) is 2. The van der Waals surface area contributed by atoms with Crippen molar-refractivity contribution in [2.75, 3.05) is 28.5 Å². The van der Waals surface area contributed by atoms with Gasteiger partial charge in [-0.1, -0.05) is 6.07 Å². The standard InChI is InChI=1S/C15H18N4O3S2/c16-6-5-14-18-13(10-23-14)15(20)17-11-3-1-4-12(9-11)19-7-2-8-24(19,21)22/h1,3-4,9-10H,2,5-8,16H2,(H,17,20). The van der Waals surface area contributed by atoms with Gasteiger partial charge in [0.05, 0.1) is 16.4 Å². The first kappa shape index (κ1) is 16.9. The molecule has 3 N–H and O–H groups in total. The molecule has 3 rings (SSSR count). The van der Waals surface area contributed by atoms with Gasteiger partial charge in [0.15, 0.2) is 0 Å². The monoisotopic (exact) mass is 366 g/mol. The largest absolute Gasteiger partial charge is 0.330 e. The van der Waals surface area contributed by atoms with Crippen LogP contribution in [0, 0.1) is 0 Å². The van der Waals surface area contributed by atoms with Crippen molar-refractivity contribution in [3.05, 3.63) is 40.3 Å². The van der Waals surface area contributed by atoms with Crippen molar-refractivity contribution in [1.82, 2.24) is 4.98 Å². The van der Waals surface area contributed by atoms with Gasteiger partial charge in [0.2, 0.25) is 10.0 Å². The Labute approximate surface area is 144 Å². The zero-order valence-corrected chi connectivity index (χ0v) is 14.6. The second-order valence-electron chi connectivity index (χ2n) is 5.41. The summed E-state index contributed by atoms with van der Waals surface area (Å²) < 4.78 is 25.4. The lowest BCUT2D eigenvalue weighted by molar-refractivity contribution is 0.102. The normalized spacial score (nSPS) is 16.3. The molecule has 1 aromatic heterocycles. The van der Waals surface area contributed by atoms with Gasteiger partial charge in [0, 0.05) is 24.0 Å². The minimum atomic E-state index is -3.24. The van der Waals surface area contributed by atoms with Gasteiger partial charge in [-0.2, -0.15) is 0 Å². The average Bonchev–Trinajstić information content (AvgIpc) is 3.14. The summed E-state index contributed by atoms with van der Waals surface area (Å²) in [7, 11) is -3.24. The van der Waals surface area contributed by atoms with E-state index in [1.54, 1.807) is 29.6 Å². The Morgan fingerprint density at radius 1 is 1.42 bits per heavy atom. The highest BCUT2D eigenvalue weighted by molar-refractivity contribution is 7.93. The van der Waals surface area contributed by atoms with Crippen molar-refractivity contribution in [2.24, 2.45) is 5.73 Å². The number of anilines is 2. The summed E-state index contributed by atoms with van der Waals surface area (Å²) in [6, 6.07) is 6.82. The van der Waals surface area contributed by atoms with Crippen LogP contribution in [0.3, 0.4) is 0 Å². The predicted molar refractivity (Wildman–Crippen MR) is 95.0 cm³/mol. The molecule has 0 saturated carbocycles. The minimum absolute atomic E-state index is 0.159. The maximum absolute atomic E-state index is 12.3. The summed E-state index contributed by atoms with van der Waals surface area (Å²) in [6.45, 7) is 0.954. The van der Waals surface area contributed by atoms with Crippen LogP contribution < -0.4 is 15.4 Å². The SMILES string of the molecule is NCCc1nc(C(=O)Nc2cccc(N3CCCS3(=O)=O)c2)cs1. The van der Waals surface area contributed by atoms with Gasteiger partial charge in [-0.25, -0.2) is 13.4 Å². The third-order valence-corrected chi connectivity index (χ3v) is 6.41. The molecule has 1 fully saturated rings. The lowest BCUT2D eigenvalue weighted by atomic mass is 10.2. The minimum Gasteiger partial charge on any atom is -0.330 e. The van der Waals surface area contributed by atoms with Crippen molar-refractivity contribution in [1.29, 1.82) is 0 Å². The predicted octanol–water partition coefficient (Wildman–Crippen LogP) is 1.44. The molecule has 0 spiro atoms. The van der Waals surface area contributed by atoms with E-state index in [1.807, 2.05) is 0 Å². The van der Waals surface area contributed by atoms with E-state index in [-0.39, 0.29) is 11.7 Å². The van der Waals surface area contributed by atoms with E-state index < -0.39 is 10.0 Å². The van der Waals surface area contributed by atoms with Crippen LogP contribution in [0.4, 0.5) is 11.4 Å². The van der Waals surface area contributed by atoms with Gasteiger partial charge in [0.25, 0.3) is 5.91 Å². The number of hydrogen-bond acceptors (Lipinski definition) is 6. The molecule has 1 saturated heterocycles. The number of nitrogens with one attached hydrogen (secondary N) is 1. The lowest BCUT2D eigenvalue weighted by Crippen LogP contribution is -2.25. The van der Waals surface area contributed by atoms with Gasteiger partial charge in [0.1, 0.15) is 5.69 Å². The molecule has 0 radical (unpaired) electrons. The smallest absolute Gasteiger partial charge is 0.275 e. The Morgan fingerprint density at radius 3 is 2.96 bits per heavy atom. The van der Waals surface area contributed by atoms with Crippen LogP contribution in [0.25, 0.3) is 0 Å². The van der Waals surface area contributed by atoms with E-state index in [0.717, 1.165) is 5.01 Å². The Kier molecular flexibility index (Phi) is 4.83. The molecule has 1 amide bonds. The third kappa shape index (κ3) is 3.58. The maximum atomic E-state index is 12.3. The summed E-state index contributed by atoms with van der Waals surface area (Å²) in [6.07, 6.45) is 1.25. The molecular weight excluding hydrogens is 348 g/mol. The number of benzene rings is 1. The van der Waals surface area contributed by atoms with Crippen LogP contribution in [-0.2, 0) is 16.4 Å². The molecule has 128 valence electrons. The second kappa shape index (κ2) is 6.88. The van der Waals surface area contributed by atoms with Crippen molar-refractivity contribution in [3.63, 3.8) is 0 Å². The molecule has 0 unspecified atom stereocenters. The maximum Gasteiger partial charge on any atom is 0.275 e. The zero-order valence-electron chi connectivity index (χ0n) is 12.9. The number of nitrogens with two attached hydrogens (primary N) is 1. The molecule has 0 bridgehead atoms. The summed E-state index contributed by atoms with van der Waals surface area (Å²) in [4.78, 5) is 16.5. The summed E-state index contributed by atoms with van der Waals surface area (Å²) in [5.41, 5.74) is 6.91. The first-order valence-corrected chi connectivity index (χ1v) is 10.0. The Hall–Kier alpha value is -1.97. The first-order chi connectivity index (χ1) is 11.5. The van der Waals surface area contributed by atoms with E-state index in [0.29, 0.717) is 43.0 Å². The zero-order chi connectivity index (χ0) is 17.2. The van der Waals surface area contributed by atoms with Crippen molar-refractivity contribution < 1.29 is 13.2 Å². The van der Waals surface area contributed by atoms with Crippen LogP contribution in [0.1, 0.15) is 21.9 Å². The molecule has 1 aliphatic rings. The fourth-order valence-corrected chi connectivity index (χ4v) is 4.87. The molecule has 0 aliphatic carbocycles. The van der Waals surface area contributed by atoms with Crippen molar-refractivity contribution in [2.45, 2.75) is 12.8 Å². The molecule has 1 aliphatic heterocycles. The Bertz CT molecular complexity index is 848. The van der Waals surface area contributed by atoms with Gasteiger partial charge >= 0.3 is 0 Å². The van der Waals surface area contributed by atoms with Crippen LogP contribution >= 0.6 is 11.3 Å². The average molecular weight is 366 g/mol. The number of thiazole rings is 1. The summed E-state index contributed by atoms with van der Waals surface area (Å²) in [5, 5.41) is 5.27. The highest BCUT2D eigenvalue weighted by atomic mass is 32.2. The van der Waals surface area contributed by atoms with E-state index in [1.165, 1.54) is 15.6 Å². The second-order valence-corrected chi connectivity index (χ2v) is 8.37. The summed E-state index contributed by atoms with van der Waals surface area (Å²) >= 11 is 1.40. The number of sulfonamides is 1. The van der Waals surface area contributed by atoms with E-state index in [2.05, 4.69) is 10.3 Å². The van der Waals surface area contributed by atoms with Crippen molar-refractivity contribution >= 4 is 38.6 Å². The molecule has 2 aromatic rings. The molecular formula is C15H18N4O3S2. The van der Waals surface area contributed by atoms with Crippen LogP contribution in [0.5, 0.6) is 0 Å². The van der Waals surface area contributed by atoms with Crippen LogP contribution in [-0.4, -0.2) is 38.2 Å². The van der Waals surface area contributed by atoms with Crippen LogP contribution in [0.15, 0.2) is 29.6 Å². The number of aromatic nitrogens is 1. The number of amides is 1. The Balaban J connectivity index is 1.75. The fourth-order valence-electron chi connectivity index (χ4n) is 2.52. The number of carbonyl (C=O) groups excluding carboxylic acids is 1. The topological polar surface area (TPSA) is 105 Å². The molecule has 24 heavy (non-hydrogen) atoms. The van der Waals surface area contributed by atoms with Crippen molar-refractivity contribution in [3.8, 4) is 0 Å².